The molecule has 0 saturated heterocycles. The van der Waals surface area contributed by atoms with Crippen molar-refractivity contribution in [2.45, 2.75) is 41.5 Å². The molecule has 0 saturated carbocycles. The molecule has 0 radical (unpaired) electrons. The van der Waals surface area contributed by atoms with Crippen LogP contribution >= 0.6 is 92.8 Å². The number of hydrogen-bond acceptors (Lipinski definition) is 4. The van der Waals surface area contributed by atoms with Gasteiger partial charge in [0.2, 0.25) is 0 Å². The first kappa shape index (κ1) is 47.0. The third-order valence-electron chi connectivity index (χ3n) is 7.78. The van der Waals surface area contributed by atoms with Crippen LogP contribution in [0.2, 0.25) is 20.1 Å². The van der Waals surface area contributed by atoms with E-state index in [-0.39, 0.29) is 37.2 Å². The number of nitrogens with zero attached hydrogens (tertiary/aromatic N) is 2. The maximum Gasteiger partial charge on any atom is 2.00 e. The van der Waals surface area contributed by atoms with Crippen molar-refractivity contribution in [1.82, 2.24) is 0 Å². The zero-order chi connectivity index (χ0) is 38.9. The summed E-state index contributed by atoms with van der Waals surface area (Å²) in [4.78, 5) is 10.7. The molecule has 0 spiro atoms. The van der Waals surface area contributed by atoms with Crippen molar-refractivity contribution in [1.29, 1.82) is 0 Å². The first-order valence-corrected chi connectivity index (χ1v) is 19.2. The Hall–Kier alpha value is -2.15. The van der Waals surface area contributed by atoms with Gasteiger partial charge in [0, 0.05) is 11.1 Å². The minimum atomic E-state index is -0.934. The number of alkyl halides is 4. The predicted octanol–water partition coefficient (Wildman–Crippen LogP) is 13.7. The van der Waals surface area contributed by atoms with Gasteiger partial charge in [0.1, 0.15) is 0 Å². The van der Waals surface area contributed by atoms with E-state index in [1.165, 1.54) is 44.5 Å². The average Bonchev–Trinajstić information content (AvgIpc) is 3.10. The molecule has 282 valence electrons. The molecule has 0 heterocycles. The van der Waals surface area contributed by atoms with Crippen LogP contribution in [0.25, 0.3) is 11.1 Å². The van der Waals surface area contributed by atoms with Crippen LogP contribution in [0.1, 0.15) is 44.5 Å². The number of hydrogen-bond donors (Lipinski definition) is 0. The number of fused-ring (bicyclic) bond motifs is 3. The van der Waals surface area contributed by atoms with E-state index in [9.17, 15) is 10.2 Å². The van der Waals surface area contributed by atoms with Crippen LogP contribution in [0.15, 0.2) is 82.8 Å². The summed E-state index contributed by atoms with van der Waals surface area (Å²) in [6, 6.07) is 26.0. The quantitative estimate of drug-likeness (QED) is 0.0766. The van der Waals surface area contributed by atoms with E-state index < -0.39 is 21.5 Å². The molecule has 0 atom stereocenters. The Kier molecular flexibility index (Phi) is 19.3. The van der Waals surface area contributed by atoms with E-state index in [4.69, 9.17) is 103 Å². The Morgan fingerprint density at radius 1 is 0.453 bits per heavy atom. The maximum atomic E-state index is 10.9. The zero-order valence-corrected chi connectivity index (χ0v) is 36.4. The van der Waals surface area contributed by atoms with Crippen LogP contribution in [-0.2, 0) is 16.5 Å². The minimum Gasteiger partial charge on any atom is -0.872 e. The van der Waals surface area contributed by atoms with Crippen molar-refractivity contribution < 1.29 is 26.7 Å². The number of aryl methyl sites for hydroxylation is 6. The Balaban J connectivity index is 0.000000427. The van der Waals surface area contributed by atoms with Crippen LogP contribution in [0.3, 0.4) is 0 Å². The molecule has 5 aromatic rings. The molecule has 53 heavy (non-hydrogen) atoms. The zero-order valence-electron chi connectivity index (χ0n) is 29.4. The monoisotopic (exact) mass is 912 g/mol. The summed E-state index contributed by atoms with van der Waals surface area (Å²) in [7, 11) is 0. The van der Waals surface area contributed by atoms with Gasteiger partial charge in [-0.3, -0.25) is 0 Å². The molecule has 0 aromatic heterocycles. The molecule has 13 heteroatoms. The van der Waals surface area contributed by atoms with Gasteiger partial charge in [-0.2, -0.15) is 0 Å². The number of rotatable bonds is 2. The number of benzene rings is 5. The fourth-order valence-corrected chi connectivity index (χ4v) is 6.66. The smallest absolute Gasteiger partial charge is 0.872 e. The fraction of sp³-hybridized carbons (Fsp3) is 0.200. The molecule has 1 aliphatic carbocycles. The van der Waals surface area contributed by atoms with Crippen LogP contribution in [0.5, 0.6) is 11.5 Å². The molecule has 0 amide bonds. The molecule has 0 N–H and O–H groups in total. The molecule has 4 nitrogen and oxygen atoms in total. The van der Waals surface area contributed by atoms with E-state index in [0.717, 1.165) is 33.9 Å². The van der Waals surface area contributed by atoms with Crippen LogP contribution in [0, 0.1) is 41.5 Å². The van der Waals surface area contributed by atoms with Crippen LogP contribution in [-0.4, -0.2) is 22.1 Å². The summed E-state index contributed by atoms with van der Waals surface area (Å²) >= 11 is 40.7. The van der Waals surface area contributed by atoms with Gasteiger partial charge in [0.15, 0.2) is 0 Å². The van der Waals surface area contributed by atoms with Gasteiger partial charge in [-0.15, -0.1) is 46.4 Å². The van der Waals surface area contributed by atoms with Gasteiger partial charge in [0.05, 0.1) is 53.6 Å². The second kappa shape index (κ2) is 21.8. The minimum absolute atomic E-state index is 0. The second-order valence-corrected chi connectivity index (χ2v) is 14.8. The average molecular weight is 917 g/mol. The third-order valence-corrected chi connectivity index (χ3v) is 9.55. The molecule has 5 aromatic carbocycles. The van der Waals surface area contributed by atoms with Gasteiger partial charge in [0.25, 0.3) is 0 Å². The molecule has 0 unspecified atom stereocenters. The van der Waals surface area contributed by atoms with Crippen molar-refractivity contribution in [2.75, 3.05) is 10.7 Å². The number of aliphatic imine (C=N–C) groups is 2. The Morgan fingerprint density at radius 3 is 0.962 bits per heavy atom. The van der Waals surface area contributed by atoms with Gasteiger partial charge in [-0.25, -0.2) is 9.98 Å². The van der Waals surface area contributed by atoms with Crippen molar-refractivity contribution >= 4 is 116 Å². The van der Waals surface area contributed by atoms with E-state index in [0.29, 0.717) is 0 Å². The summed E-state index contributed by atoms with van der Waals surface area (Å²) in [5.41, 5.74) is 15.8. The molecular weight excluding hydrogens is 883 g/mol. The standard InChI is InChI=1S/C32H30N2.C6H2Cl4O2.2CH2Cl2.Ni/c1-19-15-21(3)29(22(4)16-19)33-31-27-13-9-7-11-25(27)26-12-8-10-14-28(26)32(31)34-30-23(5)17-20(2)18-24(30)6;7-1-2(8)4(10)6(12)5(11)3(1)9;2*2-1-3;/h7-18H,1-6H3;11-12H;2*1H2;/q;;;;+2/p-2. The Labute approximate surface area is 361 Å². The van der Waals surface area contributed by atoms with Crippen LogP contribution < -0.4 is 10.2 Å². The van der Waals surface area contributed by atoms with Gasteiger partial charge in [-0.1, -0.05) is 142 Å². The van der Waals surface area contributed by atoms with Crippen molar-refractivity contribution in [2.24, 2.45) is 9.98 Å². The van der Waals surface area contributed by atoms with Crippen molar-refractivity contribution in [3.8, 4) is 22.6 Å². The van der Waals surface area contributed by atoms with E-state index in [2.05, 4.69) is 114 Å². The van der Waals surface area contributed by atoms with E-state index in [1.807, 2.05) is 0 Å². The van der Waals surface area contributed by atoms with Crippen molar-refractivity contribution in [3.05, 3.63) is 137 Å². The molecule has 0 bridgehead atoms. The molecule has 0 fully saturated rings. The van der Waals surface area contributed by atoms with Crippen LogP contribution in [0.4, 0.5) is 11.4 Å². The number of halogens is 8. The van der Waals surface area contributed by atoms with Gasteiger partial charge < -0.3 is 10.2 Å². The first-order chi connectivity index (χ1) is 24.6. The maximum absolute atomic E-state index is 10.9. The first-order valence-electron chi connectivity index (χ1n) is 15.6. The van der Waals surface area contributed by atoms with Crippen molar-refractivity contribution in [3.63, 3.8) is 0 Å². The molecule has 6 rings (SSSR count). The summed E-state index contributed by atoms with van der Waals surface area (Å²) in [6.07, 6.45) is 0. The SMILES string of the molecule is Cc1cc(C)c(N=C2C(=Nc3c(C)cc(C)cc3C)c3ccccc3-c3ccccc32)c(C)c1.ClCCl.ClCCl.[Ni+2].[O-]c1c([O-])c(Cl)c(Cl)c(Cl)c1Cl. The fourth-order valence-electron chi connectivity index (χ4n) is 5.84. The molecular formula is C40H34Cl8N2NiO2. The molecule has 1 aliphatic rings. The normalized spacial score (nSPS) is 12.6. The third kappa shape index (κ3) is 11.4. The molecule has 0 aliphatic heterocycles. The Bertz CT molecular complexity index is 1870. The van der Waals surface area contributed by atoms with E-state index >= 15 is 0 Å². The van der Waals surface area contributed by atoms with Gasteiger partial charge >= 0.3 is 16.5 Å². The summed E-state index contributed by atoms with van der Waals surface area (Å²) in [5, 5.41) is 21.0. The predicted molar refractivity (Wildman–Crippen MR) is 224 cm³/mol. The largest absolute Gasteiger partial charge is 2.00 e. The Morgan fingerprint density at radius 2 is 0.698 bits per heavy atom. The van der Waals surface area contributed by atoms with E-state index in [1.54, 1.807) is 0 Å². The topological polar surface area (TPSA) is 70.8 Å². The summed E-state index contributed by atoms with van der Waals surface area (Å²) in [5.74, 6) is -1.87. The van der Waals surface area contributed by atoms with Gasteiger partial charge in [-0.05, 0) is 74.9 Å². The second-order valence-electron chi connectivity index (χ2n) is 11.6. The summed E-state index contributed by atoms with van der Waals surface area (Å²) in [6.45, 7) is 12.9. The summed E-state index contributed by atoms with van der Waals surface area (Å²) < 4.78 is 0.